The lowest BCUT2D eigenvalue weighted by Crippen LogP contribution is -2.48. The minimum atomic E-state index is -5.80. The molecule has 43 heavy (non-hydrogen) atoms. The van der Waals surface area contributed by atoms with E-state index in [-0.39, 0.29) is 19.6 Å². The number of rotatable bonds is 6. The Morgan fingerprint density at radius 2 is 1.37 bits per heavy atom. The number of ether oxygens (including phenoxy) is 1. The molecule has 0 unspecified atom stereocenters. The summed E-state index contributed by atoms with van der Waals surface area (Å²) in [6.07, 6.45) is -19.9. The zero-order chi connectivity index (χ0) is 31.8. The summed E-state index contributed by atoms with van der Waals surface area (Å²) >= 11 is 0. The van der Waals surface area contributed by atoms with Crippen LogP contribution in [0.3, 0.4) is 0 Å². The van der Waals surface area contributed by atoms with E-state index in [1.807, 2.05) is 9.80 Å². The van der Waals surface area contributed by atoms with E-state index < -0.39 is 53.6 Å². The molecule has 242 valence electrons. The molecule has 16 heteroatoms. The van der Waals surface area contributed by atoms with E-state index in [0.29, 0.717) is 76.0 Å². The highest BCUT2D eigenvalue weighted by molar-refractivity contribution is 5.70. The number of nitrogens with zero attached hydrogens (tertiary/aromatic N) is 3. The molecule has 0 aromatic heterocycles. The van der Waals surface area contributed by atoms with Gasteiger partial charge in [0.25, 0.3) is 6.10 Å². The summed E-state index contributed by atoms with van der Waals surface area (Å²) in [6.45, 7) is 2.22. The first-order valence-corrected chi connectivity index (χ1v) is 13.8. The molecule has 3 heterocycles. The van der Waals surface area contributed by atoms with E-state index >= 15 is 0 Å². The second kappa shape index (κ2) is 12.3. The van der Waals surface area contributed by atoms with Crippen LogP contribution in [0, 0.1) is 11.3 Å². The molecule has 0 atom stereocenters. The maximum absolute atomic E-state index is 13.5. The summed E-state index contributed by atoms with van der Waals surface area (Å²) < 4.78 is 121. The van der Waals surface area contributed by atoms with Gasteiger partial charge in [-0.15, -0.1) is 0 Å². The molecule has 1 amide bonds. The van der Waals surface area contributed by atoms with Crippen LogP contribution < -0.4 is 0 Å². The minimum Gasteiger partial charge on any atom is -0.481 e. The van der Waals surface area contributed by atoms with E-state index in [0.717, 1.165) is 17.0 Å². The van der Waals surface area contributed by atoms with Gasteiger partial charge in [0.2, 0.25) is 0 Å². The summed E-state index contributed by atoms with van der Waals surface area (Å²) in [5, 5.41) is 9.22. The summed E-state index contributed by atoms with van der Waals surface area (Å²) in [4.78, 5) is 28.3. The quantitative estimate of drug-likeness (QED) is 0.393. The van der Waals surface area contributed by atoms with Crippen molar-refractivity contribution < 1.29 is 58.9 Å². The zero-order valence-corrected chi connectivity index (χ0v) is 23.0. The van der Waals surface area contributed by atoms with Crippen molar-refractivity contribution in [2.24, 2.45) is 11.3 Å². The average Bonchev–Trinajstić information content (AvgIpc) is 3.31. The zero-order valence-electron chi connectivity index (χ0n) is 23.0. The van der Waals surface area contributed by atoms with Crippen LogP contribution >= 0.6 is 0 Å². The summed E-state index contributed by atoms with van der Waals surface area (Å²) in [5.41, 5.74) is -0.159. The Morgan fingerprint density at radius 1 is 0.837 bits per heavy atom. The van der Waals surface area contributed by atoms with Crippen molar-refractivity contribution >= 4 is 12.1 Å². The Morgan fingerprint density at radius 3 is 1.91 bits per heavy atom. The van der Waals surface area contributed by atoms with Gasteiger partial charge in [-0.1, -0.05) is 6.07 Å². The summed E-state index contributed by atoms with van der Waals surface area (Å²) in [5.74, 6) is -1.38. The second-order valence-corrected chi connectivity index (χ2v) is 11.7. The van der Waals surface area contributed by atoms with Gasteiger partial charge in [-0.05, 0) is 87.0 Å². The van der Waals surface area contributed by atoms with E-state index in [1.54, 1.807) is 0 Å². The molecule has 3 fully saturated rings. The number of likely N-dealkylation sites (tertiary alicyclic amines) is 3. The van der Waals surface area contributed by atoms with Crippen molar-refractivity contribution in [1.29, 1.82) is 0 Å². The molecule has 0 bridgehead atoms. The summed E-state index contributed by atoms with van der Waals surface area (Å²) in [6, 6.07) is 3.55. The molecular weight excluding hydrogens is 601 g/mol. The van der Waals surface area contributed by atoms with Gasteiger partial charge in [-0.3, -0.25) is 14.6 Å². The molecule has 1 N–H and O–H groups in total. The molecule has 3 saturated heterocycles. The second-order valence-electron chi connectivity index (χ2n) is 11.7. The predicted molar refractivity (Wildman–Crippen MR) is 133 cm³/mol. The standard InChI is InChI=1S/C27H32F9N3O4/c28-25(29,30)20-2-1-18(19(13-20)15-37-8-3-17(4-9-37)21(40)41)14-38-10-5-24(6-11-38)7-12-39(16-24)23(42)43-22(26(31,32)33)27(34,35)36/h1-2,13,17,22H,3-12,14-16H2,(H,40,41). The molecular formula is C27H32F9N3O4. The van der Waals surface area contributed by atoms with Crippen LogP contribution in [0.5, 0.6) is 0 Å². The fraction of sp³-hybridized carbons (Fsp3) is 0.704. The van der Waals surface area contributed by atoms with Gasteiger partial charge in [0, 0.05) is 26.2 Å². The number of amides is 1. The van der Waals surface area contributed by atoms with Crippen molar-refractivity contribution in [3.8, 4) is 0 Å². The van der Waals surface area contributed by atoms with E-state index in [4.69, 9.17) is 0 Å². The van der Waals surface area contributed by atoms with Gasteiger partial charge in [0.15, 0.2) is 0 Å². The highest BCUT2D eigenvalue weighted by Gasteiger charge is 2.60. The predicted octanol–water partition coefficient (Wildman–Crippen LogP) is 5.92. The number of halogens is 9. The van der Waals surface area contributed by atoms with Crippen LogP contribution in [-0.4, -0.2) is 89.6 Å². The lowest BCUT2D eigenvalue weighted by atomic mass is 9.77. The monoisotopic (exact) mass is 633 g/mol. The van der Waals surface area contributed by atoms with Crippen molar-refractivity contribution in [2.75, 3.05) is 39.3 Å². The van der Waals surface area contributed by atoms with Gasteiger partial charge in [0.1, 0.15) is 0 Å². The third-order valence-corrected chi connectivity index (χ3v) is 8.68. The maximum Gasteiger partial charge on any atom is 0.434 e. The number of benzene rings is 1. The highest BCUT2D eigenvalue weighted by Crippen LogP contribution is 2.42. The molecule has 7 nitrogen and oxygen atoms in total. The Labute approximate surface area is 241 Å². The van der Waals surface area contributed by atoms with Crippen LogP contribution in [0.15, 0.2) is 18.2 Å². The first-order valence-electron chi connectivity index (χ1n) is 13.8. The lowest BCUT2D eigenvalue weighted by Gasteiger charge is -2.39. The topological polar surface area (TPSA) is 73.3 Å². The molecule has 0 saturated carbocycles. The van der Waals surface area contributed by atoms with Gasteiger partial charge >= 0.3 is 30.6 Å². The first-order chi connectivity index (χ1) is 19.9. The van der Waals surface area contributed by atoms with Crippen molar-refractivity contribution in [2.45, 2.75) is 69.8 Å². The number of carboxylic acid groups (broad SMARTS) is 1. The van der Waals surface area contributed by atoms with Crippen molar-refractivity contribution in [3.63, 3.8) is 0 Å². The number of piperidine rings is 2. The maximum atomic E-state index is 13.5. The normalized spacial score (nSPS) is 21.1. The van der Waals surface area contributed by atoms with Gasteiger partial charge in [-0.25, -0.2) is 4.79 Å². The average molecular weight is 634 g/mol. The summed E-state index contributed by atoms with van der Waals surface area (Å²) in [7, 11) is 0. The van der Waals surface area contributed by atoms with Gasteiger partial charge < -0.3 is 14.7 Å². The van der Waals surface area contributed by atoms with Crippen LogP contribution in [0.4, 0.5) is 44.3 Å². The number of hydrogen-bond donors (Lipinski definition) is 1. The van der Waals surface area contributed by atoms with Crippen LogP contribution in [0.1, 0.15) is 48.8 Å². The Hall–Kier alpha value is -2.75. The SMILES string of the molecule is O=C(O)C1CCN(Cc2cc(C(F)(F)F)ccc2CN2CCC3(CC2)CCN(C(=O)OC(C(F)(F)F)C(F)(F)F)C3)CC1. The molecule has 0 radical (unpaired) electrons. The first kappa shape index (κ1) is 33.1. The number of carboxylic acids is 1. The Kier molecular flexibility index (Phi) is 9.50. The highest BCUT2D eigenvalue weighted by atomic mass is 19.4. The van der Waals surface area contributed by atoms with Crippen LogP contribution in [-0.2, 0) is 28.8 Å². The van der Waals surface area contributed by atoms with Crippen molar-refractivity contribution in [3.05, 3.63) is 34.9 Å². The lowest BCUT2D eigenvalue weighted by molar-refractivity contribution is -0.308. The Bertz CT molecular complexity index is 1140. The third kappa shape index (κ3) is 8.25. The number of carbonyl (C=O) groups excluding carboxylic acids is 1. The van der Waals surface area contributed by atoms with Gasteiger partial charge in [-0.2, -0.15) is 39.5 Å². The molecule has 1 spiro atoms. The van der Waals surface area contributed by atoms with Crippen molar-refractivity contribution in [1.82, 2.24) is 14.7 Å². The molecule has 1 aromatic rings. The number of alkyl halides is 9. The van der Waals surface area contributed by atoms with Gasteiger partial charge in [0.05, 0.1) is 11.5 Å². The molecule has 3 aliphatic rings. The fourth-order valence-electron chi connectivity index (χ4n) is 6.10. The van der Waals surface area contributed by atoms with Crippen LogP contribution in [0.2, 0.25) is 0 Å². The minimum absolute atomic E-state index is 0.0527. The molecule has 4 rings (SSSR count). The van der Waals surface area contributed by atoms with E-state index in [1.165, 1.54) is 6.07 Å². The number of aliphatic carboxylic acids is 1. The molecule has 0 aliphatic carbocycles. The number of hydrogen-bond acceptors (Lipinski definition) is 5. The van der Waals surface area contributed by atoms with E-state index in [9.17, 15) is 54.2 Å². The van der Waals surface area contributed by atoms with Crippen LogP contribution in [0.25, 0.3) is 0 Å². The third-order valence-electron chi connectivity index (χ3n) is 8.68. The fourth-order valence-corrected chi connectivity index (χ4v) is 6.10. The smallest absolute Gasteiger partial charge is 0.434 e. The molecule has 3 aliphatic heterocycles. The van der Waals surface area contributed by atoms with E-state index in [2.05, 4.69) is 4.74 Å². The Balaban J connectivity index is 1.37. The molecule has 1 aromatic carbocycles. The largest absolute Gasteiger partial charge is 0.481 e. The number of carbonyl (C=O) groups is 2.